The van der Waals surface area contributed by atoms with Gasteiger partial charge >= 0.3 is 0 Å². The van der Waals surface area contributed by atoms with Crippen LogP contribution in [0.25, 0.3) is 0 Å². The van der Waals surface area contributed by atoms with Gasteiger partial charge in [0, 0.05) is 8.07 Å². The molecule has 0 aliphatic carbocycles. The summed E-state index contributed by atoms with van der Waals surface area (Å²) in [7, 11) is -1.00. The Labute approximate surface area is 118 Å². The van der Waals surface area contributed by atoms with Gasteiger partial charge in [-0.1, -0.05) is 50.0 Å². The summed E-state index contributed by atoms with van der Waals surface area (Å²) >= 11 is 0. The summed E-state index contributed by atoms with van der Waals surface area (Å²) in [4.78, 5) is 0. The number of ether oxygens (including phenoxy) is 2. The first-order valence-electron chi connectivity index (χ1n) is 7.30. The molecule has 2 nitrogen and oxygen atoms in total. The number of hydrogen-bond donors (Lipinski definition) is 0. The normalized spacial score (nSPS) is 23.7. The van der Waals surface area contributed by atoms with Crippen molar-refractivity contribution in [3.05, 3.63) is 35.9 Å². The van der Waals surface area contributed by atoms with Gasteiger partial charge in [0.05, 0.1) is 25.4 Å². The van der Waals surface area contributed by atoms with Crippen LogP contribution >= 0.6 is 0 Å². The van der Waals surface area contributed by atoms with Gasteiger partial charge in [-0.15, -0.1) is 0 Å². The maximum absolute atomic E-state index is 6.09. The largest absolute Gasteiger partial charge is 0.374 e. The molecule has 0 unspecified atom stereocenters. The lowest BCUT2D eigenvalue weighted by Crippen LogP contribution is -2.27. The molecule has 1 fully saturated rings. The summed E-state index contributed by atoms with van der Waals surface area (Å²) in [5.74, 6) is 0. The van der Waals surface area contributed by atoms with Gasteiger partial charge in [0.2, 0.25) is 0 Å². The quantitative estimate of drug-likeness (QED) is 0.730. The molecule has 0 spiro atoms. The zero-order valence-corrected chi connectivity index (χ0v) is 13.4. The Morgan fingerprint density at radius 2 is 1.79 bits per heavy atom. The van der Waals surface area contributed by atoms with E-state index in [1.807, 2.05) is 6.07 Å². The fourth-order valence-electron chi connectivity index (χ4n) is 2.62. The fraction of sp³-hybridized carbons (Fsp3) is 0.625. The van der Waals surface area contributed by atoms with E-state index in [-0.39, 0.29) is 0 Å². The van der Waals surface area contributed by atoms with Crippen LogP contribution in [0, 0.1) is 0 Å². The Morgan fingerprint density at radius 1 is 1.11 bits per heavy atom. The lowest BCUT2D eigenvalue weighted by atomic mass is 10.2. The first kappa shape index (κ1) is 14.8. The van der Waals surface area contributed by atoms with Crippen molar-refractivity contribution in [1.82, 2.24) is 0 Å². The molecular weight excluding hydrogens is 252 g/mol. The molecule has 2 atom stereocenters. The molecule has 1 saturated heterocycles. The predicted octanol–water partition coefficient (Wildman–Crippen LogP) is 4.09. The molecule has 2 rings (SSSR count). The van der Waals surface area contributed by atoms with E-state index in [1.165, 1.54) is 18.0 Å². The van der Waals surface area contributed by atoms with E-state index in [9.17, 15) is 0 Å². The molecule has 0 saturated carbocycles. The van der Waals surface area contributed by atoms with Crippen molar-refractivity contribution in [2.75, 3.05) is 6.61 Å². The molecule has 1 aromatic carbocycles. The summed E-state index contributed by atoms with van der Waals surface area (Å²) in [6, 6.07) is 11.6. The molecule has 1 aliphatic heterocycles. The molecule has 1 heterocycles. The molecule has 106 valence electrons. The highest BCUT2D eigenvalue weighted by atomic mass is 28.3. The lowest BCUT2D eigenvalue weighted by Gasteiger charge is -2.21. The number of rotatable bonds is 6. The van der Waals surface area contributed by atoms with E-state index >= 15 is 0 Å². The van der Waals surface area contributed by atoms with Crippen LogP contribution in [0.3, 0.4) is 0 Å². The third kappa shape index (κ3) is 5.47. The van der Waals surface area contributed by atoms with Crippen molar-refractivity contribution < 1.29 is 9.47 Å². The average molecular weight is 278 g/mol. The van der Waals surface area contributed by atoms with Crippen molar-refractivity contribution in [2.45, 2.75) is 57.3 Å². The fourth-order valence-corrected chi connectivity index (χ4v) is 4.28. The van der Waals surface area contributed by atoms with E-state index in [4.69, 9.17) is 9.47 Å². The van der Waals surface area contributed by atoms with Crippen LogP contribution in [-0.4, -0.2) is 26.9 Å². The molecule has 0 amide bonds. The number of benzene rings is 1. The van der Waals surface area contributed by atoms with Crippen LogP contribution < -0.4 is 0 Å². The maximum atomic E-state index is 6.09. The van der Waals surface area contributed by atoms with Crippen molar-refractivity contribution >= 4 is 8.07 Å². The Balaban J connectivity index is 1.66. The zero-order chi connectivity index (χ0) is 13.7. The van der Waals surface area contributed by atoms with Gasteiger partial charge in [-0.05, 0) is 24.4 Å². The van der Waals surface area contributed by atoms with Crippen LogP contribution in [0.1, 0.15) is 18.4 Å². The summed E-state index contributed by atoms with van der Waals surface area (Å²) in [5, 5.41) is 0. The molecule has 1 aliphatic rings. The third-order valence-electron chi connectivity index (χ3n) is 3.45. The van der Waals surface area contributed by atoms with Gasteiger partial charge in [-0.25, -0.2) is 0 Å². The van der Waals surface area contributed by atoms with Crippen molar-refractivity contribution in [1.29, 1.82) is 0 Å². The monoisotopic (exact) mass is 278 g/mol. The highest BCUT2D eigenvalue weighted by Gasteiger charge is 2.29. The van der Waals surface area contributed by atoms with Crippen LogP contribution in [0.2, 0.25) is 25.7 Å². The molecule has 19 heavy (non-hydrogen) atoms. The smallest absolute Gasteiger partial charge is 0.0813 e. The molecule has 0 bridgehead atoms. The van der Waals surface area contributed by atoms with Gasteiger partial charge in [0.25, 0.3) is 0 Å². The highest BCUT2D eigenvalue weighted by molar-refractivity contribution is 6.76. The first-order valence-corrected chi connectivity index (χ1v) is 11.0. The zero-order valence-electron chi connectivity index (χ0n) is 12.4. The second-order valence-corrected chi connectivity index (χ2v) is 12.3. The van der Waals surface area contributed by atoms with Gasteiger partial charge in [-0.2, -0.15) is 0 Å². The molecule has 0 N–H and O–H groups in total. The van der Waals surface area contributed by atoms with Gasteiger partial charge in [-0.3, -0.25) is 0 Å². The van der Waals surface area contributed by atoms with Gasteiger partial charge in [0.15, 0.2) is 0 Å². The Kier molecular flexibility index (Phi) is 5.19. The summed E-state index contributed by atoms with van der Waals surface area (Å²) < 4.78 is 11.9. The van der Waals surface area contributed by atoms with Crippen LogP contribution in [0.5, 0.6) is 0 Å². The van der Waals surface area contributed by atoms with Crippen molar-refractivity contribution in [3.63, 3.8) is 0 Å². The standard InChI is InChI=1S/C16H26O2Si/c1-19(2,3)13-16-10-9-15(18-16)12-17-11-14-7-5-4-6-8-14/h4-8,15-16H,9-13H2,1-3H3/t15-,16-/m1/s1. The second kappa shape index (κ2) is 6.68. The minimum absolute atomic E-state index is 0.310. The van der Waals surface area contributed by atoms with Crippen molar-refractivity contribution in [3.8, 4) is 0 Å². The number of hydrogen-bond acceptors (Lipinski definition) is 2. The van der Waals surface area contributed by atoms with E-state index in [0.29, 0.717) is 18.8 Å². The molecule has 0 radical (unpaired) electrons. The molecule has 0 aromatic heterocycles. The van der Waals surface area contributed by atoms with E-state index in [1.54, 1.807) is 0 Å². The van der Waals surface area contributed by atoms with Crippen molar-refractivity contribution in [2.24, 2.45) is 0 Å². The maximum Gasteiger partial charge on any atom is 0.0813 e. The highest BCUT2D eigenvalue weighted by Crippen LogP contribution is 2.27. The lowest BCUT2D eigenvalue weighted by molar-refractivity contribution is -0.0145. The molecular formula is C16H26O2Si. The Morgan fingerprint density at radius 3 is 2.47 bits per heavy atom. The second-order valence-electron chi connectivity index (χ2n) is 6.72. The summed E-state index contributed by atoms with van der Waals surface area (Å²) in [6.07, 6.45) is 3.16. The minimum Gasteiger partial charge on any atom is -0.374 e. The Bertz CT molecular complexity index is 372. The van der Waals surface area contributed by atoms with Crippen LogP contribution in [0.15, 0.2) is 30.3 Å². The topological polar surface area (TPSA) is 18.5 Å². The van der Waals surface area contributed by atoms with E-state index in [2.05, 4.69) is 43.9 Å². The van der Waals surface area contributed by atoms with E-state index < -0.39 is 8.07 Å². The van der Waals surface area contributed by atoms with Gasteiger partial charge in [0.1, 0.15) is 0 Å². The minimum atomic E-state index is -1.00. The summed E-state index contributed by atoms with van der Waals surface area (Å²) in [5.41, 5.74) is 1.24. The molecule has 1 aromatic rings. The summed E-state index contributed by atoms with van der Waals surface area (Å²) in [6.45, 7) is 8.66. The SMILES string of the molecule is C[Si](C)(C)C[C@H]1CC[C@H](COCc2ccccc2)O1. The average Bonchev–Trinajstić information content (AvgIpc) is 2.76. The molecule has 3 heteroatoms. The van der Waals surface area contributed by atoms with Gasteiger partial charge < -0.3 is 9.47 Å². The Hall–Kier alpha value is -0.643. The van der Waals surface area contributed by atoms with Crippen LogP contribution in [-0.2, 0) is 16.1 Å². The third-order valence-corrected chi connectivity index (χ3v) is 5.13. The predicted molar refractivity (Wildman–Crippen MR) is 82.1 cm³/mol. The first-order chi connectivity index (χ1) is 9.03. The van der Waals surface area contributed by atoms with E-state index in [0.717, 1.165) is 13.0 Å². The van der Waals surface area contributed by atoms with Crippen LogP contribution in [0.4, 0.5) is 0 Å².